The van der Waals surface area contributed by atoms with Crippen LogP contribution in [-0.4, -0.2) is 37.0 Å². The van der Waals surface area contributed by atoms with Crippen molar-refractivity contribution < 1.29 is 4.79 Å². The second-order valence-electron chi connectivity index (χ2n) is 5.18. The fourth-order valence-corrected chi connectivity index (χ4v) is 2.30. The molecule has 0 aromatic rings. The minimum Gasteiger partial charge on any atom is -0.341 e. The van der Waals surface area contributed by atoms with Gasteiger partial charge in [-0.25, -0.2) is 0 Å². The summed E-state index contributed by atoms with van der Waals surface area (Å²) in [5.41, 5.74) is -0.240. The molecular formula is C13H23N3O. The van der Waals surface area contributed by atoms with Crippen LogP contribution in [-0.2, 0) is 4.79 Å². The zero-order valence-electron chi connectivity index (χ0n) is 11.1. The van der Waals surface area contributed by atoms with Crippen LogP contribution in [0.4, 0.5) is 0 Å². The lowest BCUT2D eigenvalue weighted by Crippen LogP contribution is -2.48. The molecule has 1 aliphatic rings. The largest absolute Gasteiger partial charge is 0.341 e. The fraction of sp³-hybridized carbons (Fsp3) is 0.846. The number of carbonyl (C=O) groups excluding carboxylic acids is 1. The predicted octanol–water partition coefficient (Wildman–Crippen LogP) is 1.38. The van der Waals surface area contributed by atoms with Gasteiger partial charge in [0.2, 0.25) is 5.91 Å². The third-order valence-corrected chi connectivity index (χ3v) is 3.61. The summed E-state index contributed by atoms with van der Waals surface area (Å²) in [7, 11) is 0. The molecule has 17 heavy (non-hydrogen) atoms. The van der Waals surface area contributed by atoms with E-state index in [0.717, 1.165) is 25.9 Å². The van der Waals surface area contributed by atoms with Crippen molar-refractivity contribution >= 4 is 5.91 Å². The highest BCUT2D eigenvalue weighted by Crippen LogP contribution is 2.30. The Bertz CT molecular complexity index is 302. The molecular weight excluding hydrogens is 214 g/mol. The highest BCUT2D eigenvalue weighted by Gasteiger charge is 2.37. The first-order chi connectivity index (χ1) is 8.03. The zero-order chi connectivity index (χ0) is 12.9. The topological polar surface area (TPSA) is 56.1 Å². The Labute approximate surface area is 104 Å². The van der Waals surface area contributed by atoms with Crippen molar-refractivity contribution in [1.29, 1.82) is 5.26 Å². The van der Waals surface area contributed by atoms with Crippen LogP contribution in [0.15, 0.2) is 0 Å². The van der Waals surface area contributed by atoms with Gasteiger partial charge in [-0.2, -0.15) is 5.26 Å². The molecule has 1 heterocycles. The van der Waals surface area contributed by atoms with Gasteiger partial charge in [-0.1, -0.05) is 6.92 Å². The quantitative estimate of drug-likeness (QED) is 0.803. The highest BCUT2D eigenvalue weighted by molar-refractivity contribution is 5.82. The van der Waals surface area contributed by atoms with E-state index in [1.807, 2.05) is 18.7 Å². The van der Waals surface area contributed by atoms with Crippen LogP contribution in [0.2, 0.25) is 0 Å². The summed E-state index contributed by atoms with van der Waals surface area (Å²) in [5.74, 6) is 0.118. The van der Waals surface area contributed by atoms with Crippen LogP contribution < -0.4 is 5.32 Å². The number of hydrogen-bond acceptors (Lipinski definition) is 3. The summed E-state index contributed by atoms with van der Waals surface area (Å²) in [6.07, 6.45) is 1.78. The summed E-state index contributed by atoms with van der Waals surface area (Å²) in [6.45, 7) is 8.95. The Kier molecular flexibility index (Phi) is 4.95. The lowest BCUT2D eigenvalue weighted by atomic mass is 9.79. The molecule has 0 spiro atoms. The van der Waals surface area contributed by atoms with Crippen LogP contribution in [0.3, 0.4) is 0 Å². The molecule has 4 heteroatoms. The van der Waals surface area contributed by atoms with E-state index in [4.69, 9.17) is 5.26 Å². The molecule has 1 N–H and O–H groups in total. The molecule has 0 aliphatic carbocycles. The van der Waals surface area contributed by atoms with Crippen molar-refractivity contribution in [2.75, 3.05) is 26.2 Å². The Balaban J connectivity index is 2.68. The van der Waals surface area contributed by atoms with E-state index in [9.17, 15) is 4.79 Å². The molecule has 1 rings (SSSR count). The van der Waals surface area contributed by atoms with E-state index in [2.05, 4.69) is 18.3 Å². The number of piperidine rings is 1. The first kappa shape index (κ1) is 14.0. The maximum absolute atomic E-state index is 12.5. The van der Waals surface area contributed by atoms with Gasteiger partial charge in [-0.15, -0.1) is 0 Å². The normalized spacial score (nSPS) is 20.4. The fourth-order valence-electron chi connectivity index (χ4n) is 2.30. The Morgan fingerprint density at radius 3 is 2.59 bits per heavy atom. The smallest absolute Gasteiger partial charge is 0.228 e. The molecule has 1 atom stereocenters. The van der Waals surface area contributed by atoms with Crippen LogP contribution >= 0.6 is 0 Å². The van der Waals surface area contributed by atoms with Crippen molar-refractivity contribution in [1.82, 2.24) is 10.2 Å². The van der Waals surface area contributed by atoms with Gasteiger partial charge in [0.05, 0.1) is 12.0 Å². The lowest BCUT2D eigenvalue weighted by molar-refractivity contribution is -0.142. The number of amides is 1. The van der Waals surface area contributed by atoms with Crippen molar-refractivity contribution in [2.45, 2.75) is 33.6 Å². The molecule has 0 bridgehead atoms. The van der Waals surface area contributed by atoms with Crippen molar-refractivity contribution in [3.63, 3.8) is 0 Å². The van der Waals surface area contributed by atoms with E-state index < -0.39 is 0 Å². The molecule has 1 amide bonds. The number of nitriles is 1. The molecule has 1 saturated heterocycles. The van der Waals surface area contributed by atoms with Gasteiger partial charge in [0, 0.05) is 18.5 Å². The van der Waals surface area contributed by atoms with Crippen molar-refractivity contribution in [2.24, 2.45) is 11.3 Å². The van der Waals surface area contributed by atoms with E-state index in [1.165, 1.54) is 0 Å². The van der Waals surface area contributed by atoms with Crippen molar-refractivity contribution in [3.8, 4) is 6.07 Å². The minimum atomic E-state index is -0.240. The monoisotopic (exact) mass is 237 g/mol. The second kappa shape index (κ2) is 6.02. The van der Waals surface area contributed by atoms with Gasteiger partial charge >= 0.3 is 0 Å². The number of carbonyl (C=O) groups is 1. The number of nitrogens with zero attached hydrogens (tertiary/aromatic N) is 2. The molecule has 0 saturated carbocycles. The first-order valence-corrected chi connectivity index (χ1v) is 6.43. The highest BCUT2D eigenvalue weighted by atomic mass is 16.2. The summed E-state index contributed by atoms with van der Waals surface area (Å²) < 4.78 is 0. The first-order valence-electron chi connectivity index (χ1n) is 6.43. The molecule has 1 unspecified atom stereocenters. The Morgan fingerprint density at radius 1 is 1.53 bits per heavy atom. The van der Waals surface area contributed by atoms with E-state index >= 15 is 0 Å². The van der Waals surface area contributed by atoms with Crippen LogP contribution in [0, 0.1) is 22.7 Å². The number of rotatable bonds is 4. The second-order valence-corrected chi connectivity index (χ2v) is 5.18. The average molecular weight is 237 g/mol. The molecule has 1 fully saturated rings. The minimum absolute atomic E-state index is 0.0933. The summed E-state index contributed by atoms with van der Waals surface area (Å²) >= 11 is 0. The lowest BCUT2D eigenvalue weighted by Gasteiger charge is -2.37. The van der Waals surface area contributed by atoms with Gasteiger partial charge in [-0.05, 0) is 39.8 Å². The average Bonchev–Trinajstić information content (AvgIpc) is 2.35. The maximum atomic E-state index is 12.5. The zero-order valence-corrected chi connectivity index (χ0v) is 11.1. The standard InChI is InChI=1S/C13H23N3O/c1-4-16(10-11(2)9-14)12(17)13(3)5-7-15-8-6-13/h11,15H,4-8,10H2,1-3H3. The maximum Gasteiger partial charge on any atom is 0.228 e. The number of hydrogen-bond donors (Lipinski definition) is 1. The molecule has 0 aromatic heterocycles. The molecule has 96 valence electrons. The van der Waals surface area contributed by atoms with Crippen LogP contribution in [0.1, 0.15) is 33.6 Å². The molecule has 0 aromatic carbocycles. The Morgan fingerprint density at radius 2 is 2.12 bits per heavy atom. The summed E-state index contributed by atoms with van der Waals surface area (Å²) in [4.78, 5) is 14.3. The van der Waals surface area contributed by atoms with E-state index in [0.29, 0.717) is 13.1 Å². The van der Waals surface area contributed by atoms with Gasteiger partial charge in [-0.3, -0.25) is 4.79 Å². The summed E-state index contributed by atoms with van der Waals surface area (Å²) in [6, 6.07) is 2.19. The van der Waals surface area contributed by atoms with Gasteiger partial charge < -0.3 is 10.2 Å². The molecule has 1 aliphatic heterocycles. The van der Waals surface area contributed by atoms with Gasteiger partial charge in [0.15, 0.2) is 0 Å². The number of nitrogens with one attached hydrogen (secondary N) is 1. The third kappa shape index (κ3) is 3.44. The predicted molar refractivity (Wildman–Crippen MR) is 67.2 cm³/mol. The molecule has 4 nitrogen and oxygen atoms in total. The SMILES string of the molecule is CCN(CC(C)C#N)C(=O)C1(C)CCNCC1. The van der Waals surface area contributed by atoms with Crippen LogP contribution in [0.25, 0.3) is 0 Å². The third-order valence-electron chi connectivity index (χ3n) is 3.61. The van der Waals surface area contributed by atoms with Gasteiger partial charge in [0.25, 0.3) is 0 Å². The summed E-state index contributed by atoms with van der Waals surface area (Å²) in [5, 5.41) is 12.1. The van der Waals surface area contributed by atoms with Gasteiger partial charge in [0.1, 0.15) is 0 Å². The van der Waals surface area contributed by atoms with E-state index in [-0.39, 0.29) is 17.2 Å². The Hall–Kier alpha value is -1.08. The van der Waals surface area contributed by atoms with Crippen molar-refractivity contribution in [3.05, 3.63) is 0 Å². The molecule has 0 radical (unpaired) electrons. The van der Waals surface area contributed by atoms with E-state index in [1.54, 1.807) is 0 Å². The van der Waals surface area contributed by atoms with Crippen LogP contribution in [0.5, 0.6) is 0 Å².